The topological polar surface area (TPSA) is 33.0 Å². The number of nitrogens with zero attached hydrogens (tertiary/aromatic N) is 1. The molecule has 0 N–H and O–H groups in total. The van der Waals surface area contributed by atoms with E-state index in [0.29, 0.717) is 0 Å². The van der Waals surface area contributed by atoms with Gasteiger partial charge in [-0.3, -0.25) is 0 Å². The van der Waals surface area contributed by atoms with Crippen LogP contribution in [0.1, 0.15) is 52.0 Å². The second-order valence-corrected chi connectivity index (χ2v) is 13.0. The first-order valence-corrected chi connectivity index (χ1v) is 11.4. The molecule has 4 heteroatoms. The molecule has 1 aliphatic carbocycles. The summed E-state index contributed by atoms with van der Waals surface area (Å²) in [4.78, 5) is 0. The van der Waals surface area contributed by atoms with Crippen molar-refractivity contribution < 1.29 is 8.82 Å². The molecular formula is C19H28FNOSi. The van der Waals surface area contributed by atoms with Crippen molar-refractivity contribution in [1.29, 1.82) is 5.26 Å². The molecule has 23 heavy (non-hydrogen) atoms. The van der Waals surface area contributed by atoms with Crippen molar-refractivity contribution in [2.24, 2.45) is 0 Å². The molecule has 0 aliphatic heterocycles. The first-order valence-electron chi connectivity index (χ1n) is 8.45. The van der Waals surface area contributed by atoms with Gasteiger partial charge in [0, 0.05) is 6.10 Å². The van der Waals surface area contributed by atoms with Gasteiger partial charge in [0.05, 0.1) is 11.5 Å². The fourth-order valence-electron chi connectivity index (χ4n) is 3.03. The summed E-state index contributed by atoms with van der Waals surface area (Å²) in [5, 5.41) is 9.94. The molecule has 126 valence electrons. The van der Waals surface area contributed by atoms with E-state index in [2.05, 4.69) is 39.9 Å². The Morgan fingerprint density at radius 2 is 1.70 bits per heavy atom. The molecule has 0 aromatic heterocycles. The van der Waals surface area contributed by atoms with Crippen molar-refractivity contribution in [2.75, 3.05) is 0 Å². The number of hydrogen-bond acceptors (Lipinski definition) is 2. The molecule has 1 aromatic rings. The molecule has 2 nitrogen and oxygen atoms in total. The lowest BCUT2D eigenvalue weighted by Gasteiger charge is -2.43. The number of rotatable bonds is 3. The number of halogens is 1. The van der Waals surface area contributed by atoms with E-state index < -0.39 is 13.7 Å². The van der Waals surface area contributed by atoms with E-state index in [1.165, 1.54) is 12.1 Å². The van der Waals surface area contributed by atoms with Crippen LogP contribution in [0, 0.1) is 17.1 Å². The van der Waals surface area contributed by atoms with Gasteiger partial charge in [-0.05, 0) is 61.5 Å². The van der Waals surface area contributed by atoms with Gasteiger partial charge in [0.15, 0.2) is 8.32 Å². The maximum atomic E-state index is 13.1. The first-order chi connectivity index (χ1) is 10.6. The average molecular weight is 334 g/mol. The van der Waals surface area contributed by atoms with Crippen LogP contribution in [0.25, 0.3) is 0 Å². The van der Waals surface area contributed by atoms with Crippen LogP contribution in [-0.4, -0.2) is 14.4 Å². The second kappa shape index (κ2) is 6.37. The van der Waals surface area contributed by atoms with E-state index in [9.17, 15) is 9.65 Å². The lowest BCUT2D eigenvalue weighted by Crippen LogP contribution is -2.46. The van der Waals surface area contributed by atoms with Gasteiger partial charge in [0.1, 0.15) is 5.82 Å². The summed E-state index contributed by atoms with van der Waals surface area (Å²) in [6, 6.07) is 8.92. The Morgan fingerprint density at radius 3 is 2.13 bits per heavy atom. The normalized spacial score (nSPS) is 25.9. The maximum absolute atomic E-state index is 13.1. The number of hydrogen-bond donors (Lipinski definition) is 0. The molecule has 1 aromatic carbocycles. The first kappa shape index (κ1) is 18.2. The van der Waals surface area contributed by atoms with Gasteiger partial charge in [0.2, 0.25) is 0 Å². The third-order valence-corrected chi connectivity index (χ3v) is 10.2. The molecule has 0 heterocycles. The second-order valence-electron chi connectivity index (χ2n) is 8.28. The highest BCUT2D eigenvalue weighted by molar-refractivity contribution is 6.74. The molecule has 0 amide bonds. The summed E-state index contributed by atoms with van der Waals surface area (Å²) in [5.74, 6) is -0.253. The monoisotopic (exact) mass is 333 g/mol. The minimum absolute atomic E-state index is 0.202. The summed E-state index contributed by atoms with van der Waals surface area (Å²) in [5.41, 5.74) is 0.452. The highest BCUT2D eigenvalue weighted by Gasteiger charge is 2.43. The van der Waals surface area contributed by atoms with Crippen molar-refractivity contribution in [2.45, 2.75) is 76.1 Å². The Bertz CT molecular complexity index is 575. The minimum Gasteiger partial charge on any atom is -0.414 e. The summed E-state index contributed by atoms with van der Waals surface area (Å²) >= 11 is 0. The number of benzene rings is 1. The quantitative estimate of drug-likeness (QED) is 0.679. The fraction of sp³-hybridized carbons (Fsp3) is 0.632. The molecule has 0 unspecified atom stereocenters. The highest BCUT2D eigenvalue weighted by Crippen LogP contribution is 2.43. The van der Waals surface area contributed by atoms with Crippen molar-refractivity contribution >= 4 is 8.32 Å². The van der Waals surface area contributed by atoms with Gasteiger partial charge in [-0.15, -0.1) is 0 Å². The molecular weight excluding hydrogens is 305 g/mol. The minimum atomic E-state index is -1.77. The Morgan fingerprint density at radius 1 is 1.17 bits per heavy atom. The van der Waals surface area contributed by atoms with Gasteiger partial charge in [-0.2, -0.15) is 5.26 Å². The average Bonchev–Trinajstić information content (AvgIpc) is 2.48. The zero-order chi connectivity index (χ0) is 17.3. The van der Waals surface area contributed by atoms with Crippen LogP contribution in [-0.2, 0) is 9.84 Å². The van der Waals surface area contributed by atoms with E-state index in [4.69, 9.17) is 4.43 Å². The predicted octanol–water partition coefficient (Wildman–Crippen LogP) is 5.55. The third kappa shape index (κ3) is 3.84. The Hall–Kier alpha value is -1.18. The van der Waals surface area contributed by atoms with E-state index in [0.717, 1.165) is 31.2 Å². The molecule has 0 spiro atoms. The predicted molar refractivity (Wildman–Crippen MR) is 94.2 cm³/mol. The van der Waals surface area contributed by atoms with E-state index >= 15 is 0 Å². The van der Waals surface area contributed by atoms with Crippen molar-refractivity contribution in [3.63, 3.8) is 0 Å². The zero-order valence-electron chi connectivity index (χ0n) is 14.9. The Kier molecular flexibility index (Phi) is 5.03. The van der Waals surface area contributed by atoms with Crippen LogP contribution in [0.3, 0.4) is 0 Å². The van der Waals surface area contributed by atoms with Crippen LogP contribution < -0.4 is 0 Å². The third-order valence-electron chi connectivity index (χ3n) is 5.66. The molecule has 0 radical (unpaired) electrons. The lowest BCUT2D eigenvalue weighted by atomic mass is 9.70. The Balaban J connectivity index is 2.07. The fourth-order valence-corrected chi connectivity index (χ4v) is 4.45. The van der Waals surface area contributed by atoms with Gasteiger partial charge in [-0.1, -0.05) is 32.9 Å². The van der Waals surface area contributed by atoms with Crippen molar-refractivity contribution in [3.05, 3.63) is 35.6 Å². The maximum Gasteiger partial charge on any atom is 0.192 e. The molecule has 2 rings (SSSR count). The molecule has 0 atom stereocenters. The lowest BCUT2D eigenvalue weighted by molar-refractivity contribution is 0.117. The molecule has 1 saturated carbocycles. The van der Waals surface area contributed by atoms with E-state index in [1.54, 1.807) is 12.1 Å². The largest absolute Gasteiger partial charge is 0.414 e. The summed E-state index contributed by atoms with van der Waals surface area (Å²) in [7, 11) is -1.77. The summed E-state index contributed by atoms with van der Waals surface area (Å²) in [6.07, 6.45) is 3.62. The van der Waals surface area contributed by atoms with Crippen LogP contribution in [0.4, 0.5) is 4.39 Å². The van der Waals surface area contributed by atoms with Gasteiger partial charge in [-0.25, -0.2) is 4.39 Å². The van der Waals surface area contributed by atoms with Crippen molar-refractivity contribution in [3.8, 4) is 6.07 Å². The highest BCUT2D eigenvalue weighted by atomic mass is 28.4. The van der Waals surface area contributed by atoms with Crippen LogP contribution in [0.5, 0.6) is 0 Å². The Labute approximate surface area is 140 Å². The standard InChI is InChI=1S/C19H28FNOSi/c1-18(2,3)23(4,5)22-17-10-12-19(14-21,13-11-17)15-6-8-16(20)9-7-15/h6-9,17H,10-13H2,1-5H3/t17-,19-. The molecule has 1 fully saturated rings. The van der Waals surface area contributed by atoms with Crippen LogP contribution in [0.2, 0.25) is 18.1 Å². The molecule has 0 bridgehead atoms. The van der Waals surface area contributed by atoms with E-state index in [-0.39, 0.29) is 17.0 Å². The zero-order valence-corrected chi connectivity index (χ0v) is 15.9. The summed E-state index contributed by atoms with van der Waals surface area (Å²) < 4.78 is 19.6. The van der Waals surface area contributed by atoms with Crippen molar-refractivity contribution in [1.82, 2.24) is 0 Å². The van der Waals surface area contributed by atoms with E-state index in [1.807, 2.05) is 0 Å². The van der Waals surface area contributed by atoms with Gasteiger partial charge >= 0.3 is 0 Å². The molecule has 1 aliphatic rings. The van der Waals surface area contributed by atoms with Gasteiger partial charge in [0.25, 0.3) is 0 Å². The van der Waals surface area contributed by atoms with Crippen LogP contribution >= 0.6 is 0 Å². The number of nitriles is 1. The van der Waals surface area contributed by atoms with Crippen LogP contribution in [0.15, 0.2) is 24.3 Å². The smallest absolute Gasteiger partial charge is 0.192 e. The SMILES string of the molecule is CC(C)(C)[Si](C)(C)O[C@H]1CC[C@](C#N)(c2ccc(F)cc2)CC1. The van der Waals surface area contributed by atoms with Gasteiger partial charge < -0.3 is 4.43 Å². The summed E-state index contributed by atoms with van der Waals surface area (Å²) in [6.45, 7) is 11.3. The molecule has 0 saturated heterocycles.